The molecule has 2 aromatic carbocycles. The van der Waals surface area contributed by atoms with E-state index in [9.17, 15) is 8.78 Å². The van der Waals surface area contributed by atoms with Crippen LogP contribution < -0.4 is 5.32 Å². The number of hydrogen-bond acceptors (Lipinski definition) is 2. The Morgan fingerprint density at radius 2 is 1.68 bits per heavy atom. The Bertz CT molecular complexity index is 571. The van der Waals surface area contributed by atoms with Crippen molar-refractivity contribution in [3.63, 3.8) is 0 Å². The zero-order valence-corrected chi connectivity index (χ0v) is 10.1. The average Bonchev–Trinajstić information content (AvgIpc) is 2.39. The number of nitriles is 1. The number of hydrogen-bond donors (Lipinski definition) is 1. The van der Waals surface area contributed by atoms with Gasteiger partial charge in [0, 0.05) is 12.6 Å². The maximum Gasteiger partial charge on any atom is 0.126 e. The molecule has 2 aromatic rings. The SMILES string of the molecule is N#CC(NCc1ccccc1)c1cc(F)cc(F)c1. The predicted octanol–water partition coefficient (Wildman–Crippen LogP) is 3.32. The second kappa shape index (κ2) is 6.07. The minimum atomic E-state index is -0.745. The number of rotatable bonds is 4. The summed E-state index contributed by atoms with van der Waals surface area (Å²) in [6.45, 7) is 0.456. The van der Waals surface area contributed by atoms with Crippen molar-refractivity contribution in [2.45, 2.75) is 12.6 Å². The summed E-state index contributed by atoms with van der Waals surface area (Å²) in [5.74, 6) is -1.37. The topological polar surface area (TPSA) is 35.8 Å². The highest BCUT2D eigenvalue weighted by molar-refractivity contribution is 5.26. The summed E-state index contributed by atoms with van der Waals surface area (Å²) < 4.78 is 26.2. The fourth-order valence-electron chi connectivity index (χ4n) is 1.80. The number of halogens is 2. The molecular weight excluding hydrogens is 246 g/mol. The first-order valence-electron chi connectivity index (χ1n) is 5.82. The zero-order chi connectivity index (χ0) is 13.7. The van der Waals surface area contributed by atoms with Crippen molar-refractivity contribution in [2.75, 3.05) is 0 Å². The van der Waals surface area contributed by atoms with E-state index in [0.29, 0.717) is 6.54 Å². The molecule has 2 rings (SSSR count). The molecule has 19 heavy (non-hydrogen) atoms. The van der Waals surface area contributed by atoms with E-state index >= 15 is 0 Å². The van der Waals surface area contributed by atoms with Crippen LogP contribution in [0.4, 0.5) is 8.78 Å². The monoisotopic (exact) mass is 258 g/mol. The standard InChI is InChI=1S/C15H12F2N2/c16-13-6-12(7-14(17)8-13)15(9-18)19-10-11-4-2-1-3-5-11/h1-8,15,19H,10H2. The summed E-state index contributed by atoms with van der Waals surface area (Å²) in [5, 5.41) is 12.0. The highest BCUT2D eigenvalue weighted by Gasteiger charge is 2.12. The van der Waals surface area contributed by atoms with Crippen LogP contribution in [0.5, 0.6) is 0 Å². The fourth-order valence-corrected chi connectivity index (χ4v) is 1.80. The van der Waals surface area contributed by atoms with Gasteiger partial charge in [0.1, 0.15) is 17.7 Å². The van der Waals surface area contributed by atoms with Crippen LogP contribution >= 0.6 is 0 Å². The molecule has 0 aliphatic heterocycles. The van der Waals surface area contributed by atoms with Crippen molar-refractivity contribution >= 4 is 0 Å². The molecule has 0 radical (unpaired) electrons. The lowest BCUT2D eigenvalue weighted by Crippen LogP contribution is -2.19. The minimum absolute atomic E-state index is 0.288. The maximum absolute atomic E-state index is 13.1. The van der Waals surface area contributed by atoms with Crippen molar-refractivity contribution in [3.8, 4) is 6.07 Å². The van der Waals surface area contributed by atoms with Gasteiger partial charge in [0.15, 0.2) is 0 Å². The molecule has 0 saturated heterocycles. The van der Waals surface area contributed by atoms with Gasteiger partial charge in [-0.2, -0.15) is 5.26 Å². The molecule has 0 bridgehead atoms. The molecule has 0 fully saturated rings. The fraction of sp³-hybridized carbons (Fsp3) is 0.133. The Labute approximate surface area is 110 Å². The Morgan fingerprint density at radius 1 is 1.05 bits per heavy atom. The normalized spacial score (nSPS) is 11.8. The quantitative estimate of drug-likeness (QED) is 0.913. The molecular formula is C15H12F2N2. The second-order valence-corrected chi connectivity index (χ2v) is 4.13. The van der Waals surface area contributed by atoms with Crippen LogP contribution in [0.2, 0.25) is 0 Å². The third-order valence-electron chi connectivity index (χ3n) is 2.70. The van der Waals surface area contributed by atoms with E-state index in [0.717, 1.165) is 23.8 Å². The highest BCUT2D eigenvalue weighted by Crippen LogP contribution is 2.16. The van der Waals surface area contributed by atoms with Crippen LogP contribution in [0.25, 0.3) is 0 Å². The van der Waals surface area contributed by atoms with Crippen LogP contribution in [0.1, 0.15) is 17.2 Å². The van der Waals surface area contributed by atoms with Crippen molar-refractivity contribution < 1.29 is 8.78 Å². The van der Waals surface area contributed by atoms with Gasteiger partial charge in [-0.15, -0.1) is 0 Å². The van der Waals surface area contributed by atoms with Crippen LogP contribution in [-0.4, -0.2) is 0 Å². The summed E-state index contributed by atoms with van der Waals surface area (Å²) in [6.07, 6.45) is 0. The van der Waals surface area contributed by atoms with Crippen LogP contribution in [0.3, 0.4) is 0 Å². The van der Waals surface area contributed by atoms with Gasteiger partial charge in [0.2, 0.25) is 0 Å². The molecule has 96 valence electrons. The van der Waals surface area contributed by atoms with Gasteiger partial charge in [-0.05, 0) is 23.3 Å². The molecule has 4 heteroatoms. The molecule has 0 spiro atoms. The van der Waals surface area contributed by atoms with Crippen LogP contribution in [-0.2, 0) is 6.54 Å². The summed E-state index contributed by atoms with van der Waals surface area (Å²) in [5.41, 5.74) is 1.29. The second-order valence-electron chi connectivity index (χ2n) is 4.13. The molecule has 1 N–H and O–H groups in total. The van der Waals surface area contributed by atoms with Crippen molar-refractivity contribution in [3.05, 3.63) is 71.3 Å². The zero-order valence-electron chi connectivity index (χ0n) is 10.1. The first-order chi connectivity index (χ1) is 9.19. The van der Waals surface area contributed by atoms with Gasteiger partial charge < -0.3 is 0 Å². The highest BCUT2D eigenvalue weighted by atomic mass is 19.1. The smallest absolute Gasteiger partial charge is 0.126 e. The first-order valence-corrected chi connectivity index (χ1v) is 5.82. The maximum atomic E-state index is 13.1. The lowest BCUT2D eigenvalue weighted by atomic mass is 10.1. The summed E-state index contributed by atoms with van der Waals surface area (Å²) >= 11 is 0. The van der Waals surface area contributed by atoms with Crippen molar-refractivity contribution in [1.82, 2.24) is 5.32 Å². The minimum Gasteiger partial charge on any atom is -0.294 e. The number of nitrogens with zero attached hydrogens (tertiary/aromatic N) is 1. The van der Waals surface area contributed by atoms with Gasteiger partial charge in [-0.1, -0.05) is 30.3 Å². The van der Waals surface area contributed by atoms with E-state index < -0.39 is 17.7 Å². The summed E-state index contributed by atoms with van der Waals surface area (Å²) in [6, 6.07) is 13.9. The third kappa shape index (κ3) is 3.60. The van der Waals surface area contributed by atoms with Crippen molar-refractivity contribution in [2.24, 2.45) is 0 Å². The van der Waals surface area contributed by atoms with Gasteiger partial charge in [0.25, 0.3) is 0 Å². The van der Waals surface area contributed by atoms with E-state index in [4.69, 9.17) is 5.26 Å². The molecule has 0 amide bonds. The molecule has 1 atom stereocenters. The van der Waals surface area contributed by atoms with E-state index in [1.54, 1.807) is 0 Å². The number of nitrogens with one attached hydrogen (secondary N) is 1. The molecule has 1 unspecified atom stereocenters. The van der Waals surface area contributed by atoms with Crippen LogP contribution in [0, 0.1) is 23.0 Å². The Hall–Kier alpha value is -2.25. The van der Waals surface area contributed by atoms with E-state index in [1.807, 2.05) is 36.4 Å². The summed E-state index contributed by atoms with van der Waals surface area (Å²) in [7, 11) is 0. The van der Waals surface area contributed by atoms with Gasteiger partial charge >= 0.3 is 0 Å². The molecule has 0 aliphatic carbocycles. The third-order valence-corrected chi connectivity index (χ3v) is 2.70. The molecule has 0 heterocycles. The van der Waals surface area contributed by atoms with Gasteiger partial charge in [0.05, 0.1) is 6.07 Å². The van der Waals surface area contributed by atoms with Crippen LogP contribution in [0.15, 0.2) is 48.5 Å². The Balaban J connectivity index is 2.10. The van der Waals surface area contributed by atoms with Gasteiger partial charge in [-0.3, -0.25) is 5.32 Å². The lowest BCUT2D eigenvalue weighted by molar-refractivity contribution is 0.566. The molecule has 2 nitrogen and oxygen atoms in total. The average molecular weight is 258 g/mol. The number of benzene rings is 2. The van der Waals surface area contributed by atoms with E-state index in [1.165, 1.54) is 0 Å². The van der Waals surface area contributed by atoms with Gasteiger partial charge in [-0.25, -0.2) is 8.78 Å². The Morgan fingerprint density at radius 3 is 2.26 bits per heavy atom. The Kier molecular flexibility index (Phi) is 4.22. The molecule has 0 saturated carbocycles. The lowest BCUT2D eigenvalue weighted by Gasteiger charge is -2.12. The first kappa shape index (κ1) is 13.2. The largest absolute Gasteiger partial charge is 0.294 e. The molecule has 0 aliphatic rings. The van der Waals surface area contributed by atoms with E-state index in [2.05, 4.69) is 5.32 Å². The summed E-state index contributed by atoms with van der Waals surface area (Å²) in [4.78, 5) is 0. The predicted molar refractivity (Wildman–Crippen MR) is 68.0 cm³/mol. The van der Waals surface area contributed by atoms with Crippen molar-refractivity contribution in [1.29, 1.82) is 5.26 Å². The molecule has 0 aromatic heterocycles. The van der Waals surface area contributed by atoms with E-state index in [-0.39, 0.29) is 5.56 Å².